The van der Waals surface area contributed by atoms with Crippen molar-refractivity contribution in [2.75, 3.05) is 6.79 Å². The number of benzene rings is 1. The van der Waals surface area contributed by atoms with Crippen molar-refractivity contribution in [2.24, 2.45) is 5.92 Å². The third kappa shape index (κ3) is 2.23. The molecule has 0 amide bonds. The lowest BCUT2D eigenvalue weighted by molar-refractivity contribution is 0.174. The molecule has 1 aromatic carbocycles. The first-order valence-electron chi connectivity index (χ1n) is 6.20. The first-order chi connectivity index (χ1) is 9.15. The van der Waals surface area contributed by atoms with Crippen LogP contribution in [0.1, 0.15) is 13.8 Å². The molecule has 6 heteroatoms. The molecule has 3 rings (SSSR count). The van der Waals surface area contributed by atoms with Gasteiger partial charge in [-0.05, 0) is 36.3 Å². The van der Waals surface area contributed by atoms with Crippen LogP contribution in [0.2, 0.25) is 0 Å². The van der Waals surface area contributed by atoms with Gasteiger partial charge in [-0.15, -0.1) is 0 Å². The normalized spacial score (nSPS) is 13.2. The largest absolute Gasteiger partial charge is 0.454 e. The van der Waals surface area contributed by atoms with Crippen molar-refractivity contribution in [2.45, 2.75) is 20.4 Å². The molecule has 1 aliphatic heterocycles. The summed E-state index contributed by atoms with van der Waals surface area (Å²) in [5.74, 6) is 2.85. The summed E-state index contributed by atoms with van der Waals surface area (Å²) < 4.78 is 13.4. The first kappa shape index (κ1) is 12.2. The van der Waals surface area contributed by atoms with Gasteiger partial charge in [-0.2, -0.15) is 5.10 Å². The van der Waals surface area contributed by atoms with Crippen LogP contribution < -0.4 is 9.47 Å². The van der Waals surface area contributed by atoms with E-state index in [4.69, 9.17) is 21.7 Å². The highest BCUT2D eigenvalue weighted by molar-refractivity contribution is 7.71. The number of hydrogen-bond acceptors (Lipinski definition) is 4. The lowest BCUT2D eigenvalue weighted by Gasteiger charge is -2.09. The molecule has 19 heavy (non-hydrogen) atoms. The highest BCUT2D eigenvalue weighted by atomic mass is 32.1. The van der Waals surface area contributed by atoms with Gasteiger partial charge < -0.3 is 9.47 Å². The van der Waals surface area contributed by atoms with Crippen molar-refractivity contribution in [1.82, 2.24) is 14.8 Å². The van der Waals surface area contributed by atoms with Gasteiger partial charge in [0, 0.05) is 12.1 Å². The Morgan fingerprint density at radius 2 is 2.16 bits per heavy atom. The SMILES string of the molecule is CC(C)Cn1c(-c2ccc3c(c2)OCO3)n[nH]c1=S. The minimum absolute atomic E-state index is 0.275. The molecule has 2 aromatic rings. The molecule has 0 radical (unpaired) electrons. The Kier molecular flexibility index (Phi) is 3.02. The van der Waals surface area contributed by atoms with Gasteiger partial charge in [0.05, 0.1) is 0 Å². The zero-order valence-corrected chi connectivity index (χ0v) is 11.7. The topological polar surface area (TPSA) is 52.1 Å². The van der Waals surface area contributed by atoms with Crippen molar-refractivity contribution < 1.29 is 9.47 Å². The molecule has 0 bridgehead atoms. The second kappa shape index (κ2) is 4.70. The Hall–Kier alpha value is -1.82. The minimum atomic E-state index is 0.275. The van der Waals surface area contributed by atoms with E-state index in [0.717, 1.165) is 29.4 Å². The van der Waals surface area contributed by atoms with E-state index in [1.165, 1.54) is 0 Å². The zero-order valence-electron chi connectivity index (χ0n) is 10.8. The van der Waals surface area contributed by atoms with E-state index < -0.39 is 0 Å². The van der Waals surface area contributed by atoms with E-state index in [9.17, 15) is 0 Å². The Labute approximate surface area is 116 Å². The summed E-state index contributed by atoms with van der Waals surface area (Å²) in [5.41, 5.74) is 0.970. The van der Waals surface area contributed by atoms with Crippen LogP contribution in [0.15, 0.2) is 18.2 Å². The molecule has 0 aliphatic carbocycles. The van der Waals surface area contributed by atoms with Gasteiger partial charge in [0.15, 0.2) is 22.1 Å². The van der Waals surface area contributed by atoms with E-state index in [0.29, 0.717) is 10.7 Å². The number of fused-ring (bicyclic) bond motifs is 1. The van der Waals surface area contributed by atoms with Crippen molar-refractivity contribution in [3.8, 4) is 22.9 Å². The Balaban J connectivity index is 2.05. The number of rotatable bonds is 3. The summed E-state index contributed by atoms with van der Waals surface area (Å²) in [4.78, 5) is 0. The molecule has 1 N–H and O–H groups in total. The molecular formula is C13H15N3O2S. The van der Waals surface area contributed by atoms with Crippen molar-refractivity contribution in [1.29, 1.82) is 0 Å². The van der Waals surface area contributed by atoms with E-state index in [2.05, 4.69) is 24.0 Å². The summed E-state index contributed by atoms with van der Waals surface area (Å²) in [6, 6.07) is 5.80. The van der Waals surface area contributed by atoms with Gasteiger partial charge in [-0.1, -0.05) is 13.8 Å². The molecule has 100 valence electrons. The monoisotopic (exact) mass is 277 g/mol. The predicted molar refractivity (Wildman–Crippen MR) is 73.8 cm³/mol. The van der Waals surface area contributed by atoms with Gasteiger partial charge in [0.2, 0.25) is 6.79 Å². The molecule has 2 heterocycles. The second-order valence-electron chi connectivity index (χ2n) is 4.92. The minimum Gasteiger partial charge on any atom is -0.454 e. The quantitative estimate of drug-likeness (QED) is 0.876. The fraction of sp³-hybridized carbons (Fsp3) is 0.385. The number of aromatic amines is 1. The molecule has 0 unspecified atom stereocenters. The zero-order chi connectivity index (χ0) is 13.4. The number of hydrogen-bond donors (Lipinski definition) is 1. The number of aromatic nitrogens is 3. The van der Waals surface area contributed by atoms with Crippen molar-refractivity contribution >= 4 is 12.2 Å². The van der Waals surface area contributed by atoms with Crippen LogP contribution in [0.4, 0.5) is 0 Å². The smallest absolute Gasteiger partial charge is 0.231 e. The number of ether oxygens (including phenoxy) is 2. The van der Waals surface area contributed by atoms with E-state index in [1.54, 1.807) is 0 Å². The van der Waals surface area contributed by atoms with Crippen molar-refractivity contribution in [3.63, 3.8) is 0 Å². The van der Waals surface area contributed by atoms with Crippen LogP contribution in [-0.4, -0.2) is 21.6 Å². The van der Waals surface area contributed by atoms with Crippen LogP contribution in [0, 0.1) is 10.7 Å². The fourth-order valence-corrected chi connectivity index (χ4v) is 2.31. The van der Waals surface area contributed by atoms with Gasteiger partial charge in [0.1, 0.15) is 0 Å². The predicted octanol–water partition coefficient (Wildman–Crippen LogP) is 2.99. The van der Waals surface area contributed by atoms with Gasteiger partial charge in [-0.3, -0.25) is 9.67 Å². The molecule has 0 spiro atoms. The third-order valence-corrected chi connectivity index (χ3v) is 3.25. The van der Waals surface area contributed by atoms with Crippen LogP contribution in [0.3, 0.4) is 0 Å². The maximum atomic E-state index is 5.39. The number of nitrogens with zero attached hydrogens (tertiary/aromatic N) is 2. The fourth-order valence-electron chi connectivity index (χ4n) is 2.11. The highest BCUT2D eigenvalue weighted by Crippen LogP contribution is 2.35. The average Bonchev–Trinajstić information content (AvgIpc) is 2.96. The lowest BCUT2D eigenvalue weighted by atomic mass is 10.1. The summed E-state index contributed by atoms with van der Waals surface area (Å²) in [6.07, 6.45) is 0. The van der Waals surface area contributed by atoms with Crippen LogP contribution >= 0.6 is 12.2 Å². The summed E-state index contributed by atoms with van der Waals surface area (Å²) in [5, 5.41) is 7.17. The van der Waals surface area contributed by atoms with Crippen LogP contribution in [0.25, 0.3) is 11.4 Å². The molecule has 0 saturated carbocycles. The maximum absolute atomic E-state index is 5.39. The van der Waals surface area contributed by atoms with Crippen LogP contribution in [-0.2, 0) is 6.54 Å². The van der Waals surface area contributed by atoms with Crippen molar-refractivity contribution in [3.05, 3.63) is 23.0 Å². The molecule has 0 atom stereocenters. The molecule has 1 aromatic heterocycles. The molecular weight excluding hydrogens is 262 g/mol. The molecule has 0 saturated heterocycles. The maximum Gasteiger partial charge on any atom is 0.231 e. The van der Waals surface area contributed by atoms with E-state index >= 15 is 0 Å². The summed E-state index contributed by atoms with van der Waals surface area (Å²) in [7, 11) is 0. The van der Waals surface area contributed by atoms with Crippen LogP contribution in [0.5, 0.6) is 11.5 Å². The third-order valence-electron chi connectivity index (χ3n) is 2.94. The van der Waals surface area contributed by atoms with E-state index in [1.807, 2.05) is 22.8 Å². The summed E-state index contributed by atoms with van der Waals surface area (Å²) >= 11 is 5.28. The van der Waals surface area contributed by atoms with Gasteiger partial charge in [-0.25, -0.2) is 0 Å². The Morgan fingerprint density at radius 3 is 2.95 bits per heavy atom. The van der Waals surface area contributed by atoms with Gasteiger partial charge >= 0.3 is 0 Å². The Morgan fingerprint density at radius 1 is 1.37 bits per heavy atom. The summed E-state index contributed by atoms with van der Waals surface area (Å²) in [6.45, 7) is 5.41. The standard InChI is InChI=1S/C13H15N3O2S/c1-8(2)6-16-12(14-15-13(16)19)9-3-4-10-11(5-9)18-7-17-10/h3-5,8H,6-7H2,1-2H3,(H,15,19). The van der Waals surface area contributed by atoms with Gasteiger partial charge in [0.25, 0.3) is 0 Å². The molecule has 0 fully saturated rings. The Bertz CT molecular complexity index is 660. The lowest BCUT2D eigenvalue weighted by Crippen LogP contribution is -2.06. The first-order valence-corrected chi connectivity index (χ1v) is 6.61. The number of H-pyrrole nitrogens is 1. The molecule has 5 nitrogen and oxygen atoms in total. The van der Waals surface area contributed by atoms with E-state index in [-0.39, 0.29) is 6.79 Å². The second-order valence-corrected chi connectivity index (χ2v) is 5.31. The highest BCUT2D eigenvalue weighted by Gasteiger charge is 2.17. The number of nitrogens with one attached hydrogen (secondary N) is 1. The molecule has 1 aliphatic rings. The average molecular weight is 277 g/mol.